The maximum Gasteiger partial charge on any atom is 0.320 e. The summed E-state index contributed by atoms with van der Waals surface area (Å²) in [5.41, 5.74) is 0. The third kappa shape index (κ3) is 5.16. The Labute approximate surface area is 114 Å². The molecule has 0 N–H and O–H groups in total. The Balaban J connectivity index is 2.62. The predicted octanol–water partition coefficient (Wildman–Crippen LogP) is 0.450. The first-order valence-corrected chi connectivity index (χ1v) is 6.71. The van der Waals surface area contributed by atoms with Crippen LogP contribution in [0.5, 0.6) is 0 Å². The van der Waals surface area contributed by atoms with Crippen molar-refractivity contribution in [2.45, 2.75) is 26.4 Å². The van der Waals surface area contributed by atoms with Crippen LogP contribution in [0.2, 0.25) is 0 Å². The van der Waals surface area contributed by atoms with Gasteiger partial charge in [0.15, 0.2) is 5.92 Å². The maximum atomic E-state index is 11.8. The topological polar surface area (TPSA) is 65.1 Å². The molecule has 1 aliphatic heterocycles. The minimum absolute atomic E-state index is 0.141. The fourth-order valence-corrected chi connectivity index (χ4v) is 2.05. The van der Waals surface area contributed by atoms with Gasteiger partial charge >= 0.3 is 11.9 Å². The zero-order chi connectivity index (χ0) is 14.3. The molecule has 0 saturated carbocycles. The molecular weight excluding hydrogens is 250 g/mol. The van der Waals surface area contributed by atoms with E-state index < -0.39 is 17.9 Å². The first kappa shape index (κ1) is 15.9. The molecule has 1 heterocycles. The van der Waals surface area contributed by atoms with Crippen LogP contribution >= 0.6 is 0 Å². The summed E-state index contributed by atoms with van der Waals surface area (Å²) >= 11 is 0. The molecule has 1 fully saturated rings. The number of hydrogen-bond donors (Lipinski definition) is 0. The van der Waals surface area contributed by atoms with Crippen molar-refractivity contribution in [3.05, 3.63) is 0 Å². The summed E-state index contributed by atoms with van der Waals surface area (Å²) in [4.78, 5) is 25.8. The van der Waals surface area contributed by atoms with Crippen molar-refractivity contribution in [2.75, 3.05) is 40.0 Å². The molecule has 0 radical (unpaired) electrons. The molecule has 0 spiro atoms. The molecule has 0 bridgehead atoms. The lowest BCUT2D eigenvalue weighted by molar-refractivity contribution is -0.164. The van der Waals surface area contributed by atoms with E-state index in [0.717, 1.165) is 6.54 Å². The van der Waals surface area contributed by atoms with E-state index in [0.29, 0.717) is 19.6 Å². The molecule has 1 unspecified atom stereocenters. The molecule has 1 saturated heterocycles. The van der Waals surface area contributed by atoms with Crippen LogP contribution in [0.4, 0.5) is 0 Å². The average Bonchev–Trinajstić information content (AvgIpc) is 2.36. The van der Waals surface area contributed by atoms with E-state index >= 15 is 0 Å². The molecule has 0 aromatic rings. The second-order valence-electron chi connectivity index (χ2n) is 4.55. The molecule has 110 valence electrons. The Hall–Kier alpha value is -1.14. The monoisotopic (exact) mass is 273 g/mol. The number of nitrogens with zero attached hydrogens (tertiary/aromatic N) is 1. The highest BCUT2D eigenvalue weighted by atomic mass is 16.6. The van der Waals surface area contributed by atoms with E-state index in [2.05, 4.69) is 4.90 Å². The van der Waals surface area contributed by atoms with Crippen molar-refractivity contribution in [1.82, 2.24) is 4.90 Å². The number of rotatable bonds is 6. The largest absolute Gasteiger partial charge is 0.465 e. The molecule has 0 aromatic heterocycles. The minimum Gasteiger partial charge on any atom is -0.465 e. The number of likely N-dealkylation sites (N-methyl/N-ethyl adjacent to an activating group) is 1. The van der Waals surface area contributed by atoms with Crippen LogP contribution in [0.3, 0.4) is 0 Å². The fourth-order valence-electron chi connectivity index (χ4n) is 2.05. The molecule has 19 heavy (non-hydrogen) atoms. The lowest BCUT2D eigenvalue weighted by atomic mass is 10.0. The number of carbonyl (C=O) groups excluding carboxylic acids is 2. The van der Waals surface area contributed by atoms with Gasteiger partial charge in [-0.1, -0.05) is 0 Å². The Bertz CT molecular complexity index is 289. The highest BCUT2D eigenvalue weighted by Crippen LogP contribution is 2.17. The van der Waals surface area contributed by atoms with Gasteiger partial charge in [0.1, 0.15) is 0 Å². The Morgan fingerprint density at radius 3 is 2.32 bits per heavy atom. The van der Waals surface area contributed by atoms with Gasteiger partial charge in [-0.05, 0) is 27.3 Å². The minimum atomic E-state index is -0.892. The van der Waals surface area contributed by atoms with Gasteiger partial charge in [-0.25, -0.2) is 0 Å². The van der Waals surface area contributed by atoms with Gasteiger partial charge in [0.25, 0.3) is 0 Å². The molecule has 1 aliphatic rings. The van der Waals surface area contributed by atoms with E-state index in [9.17, 15) is 9.59 Å². The van der Waals surface area contributed by atoms with Crippen molar-refractivity contribution >= 4 is 11.9 Å². The second kappa shape index (κ2) is 8.12. The van der Waals surface area contributed by atoms with Crippen LogP contribution in [0.1, 0.15) is 20.3 Å². The van der Waals surface area contributed by atoms with Gasteiger partial charge in [0.05, 0.1) is 25.9 Å². The van der Waals surface area contributed by atoms with E-state index in [1.807, 2.05) is 7.05 Å². The Morgan fingerprint density at radius 1 is 1.26 bits per heavy atom. The van der Waals surface area contributed by atoms with Crippen LogP contribution < -0.4 is 0 Å². The van der Waals surface area contributed by atoms with Gasteiger partial charge in [0, 0.05) is 13.1 Å². The zero-order valence-corrected chi connectivity index (χ0v) is 11.9. The maximum absolute atomic E-state index is 11.8. The van der Waals surface area contributed by atoms with Crippen molar-refractivity contribution < 1.29 is 23.8 Å². The van der Waals surface area contributed by atoms with E-state index in [-0.39, 0.29) is 19.3 Å². The van der Waals surface area contributed by atoms with E-state index in [1.165, 1.54) is 0 Å². The van der Waals surface area contributed by atoms with Crippen LogP contribution in [-0.4, -0.2) is 62.9 Å². The second-order valence-corrected chi connectivity index (χ2v) is 4.55. The molecule has 0 amide bonds. The number of ether oxygens (including phenoxy) is 3. The number of esters is 2. The van der Waals surface area contributed by atoms with Crippen LogP contribution in [0.15, 0.2) is 0 Å². The summed E-state index contributed by atoms with van der Waals surface area (Å²) in [6, 6.07) is 0. The van der Waals surface area contributed by atoms with Gasteiger partial charge in [0.2, 0.25) is 0 Å². The van der Waals surface area contributed by atoms with Gasteiger partial charge in [-0.2, -0.15) is 0 Å². The van der Waals surface area contributed by atoms with Crippen LogP contribution in [0, 0.1) is 5.92 Å². The Kier molecular flexibility index (Phi) is 6.80. The van der Waals surface area contributed by atoms with E-state index in [4.69, 9.17) is 14.2 Å². The summed E-state index contributed by atoms with van der Waals surface area (Å²) < 4.78 is 15.4. The smallest absolute Gasteiger partial charge is 0.320 e. The Morgan fingerprint density at radius 2 is 1.84 bits per heavy atom. The zero-order valence-electron chi connectivity index (χ0n) is 11.9. The summed E-state index contributed by atoms with van der Waals surface area (Å²) in [6.45, 7) is 6.10. The SMILES string of the molecule is CCOC(=O)C(CC1CN(C)CCO1)C(=O)OCC. The number of hydrogen-bond acceptors (Lipinski definition) is 6. The van der Waals surface area contributed by atoms with Crippen molar-refractivity contribution in [3.8, 4) is 0 Å². The standard InChI is InChI=1S/C13H23NO5/c1-4-17-12(15)11(13(16)18-5-2)8-10-9-14(3)6-7-19-10/h10-11H,4-9H2,1-3H3. The molecule has 1 rings (SSSR count). The van der Waals surface area contributed by atoms with Crippen LogP contribution in [-0.2, 0) is 23.8 Å². The highest BCUT2D eigenvalue weighted by Gasteiger charge is 2.33. The molecule has 0 aliphatic carbocycles. The summed E-state index contributed by atoms with van der Waals surface area (Å²) in [5, 5.41) is 0. The third-order valence-electron chi connectivity index (χ3n) is 2.98. The number of morpholine rings is 1. The first-order chi connectivity index (χ1) is 9.08. The number of carbonyl (C=O) groups is 2. The van der Waals surface area contributed by atoms with Crippen molar-refractivity contribution in [3.63, 3.8) is 0 Å². The molecule has 6 heteroatoms. The molecule has 1 atom stereocenters. The first-order valence-electron chi connectivity index (χ1n) is 6.71. The normalized spacial score (nSPS) is 20.3. The van der Waals surface area contributed by atoms with Crippen molar-refractivity contribution in [1.29, 1.82) is 0 Å². The average molecular weight is 273 g/mol. The summed E-state index contributed by atoms with van der Waals surface area (Å²) in [5.74, 6) is -1.95. The van der Waals surface area contributed by atoms with Crippen molar-refractivity contribution in [2.24, 2.45) is 5.92 Å². The highest BCUT2D eigenvalue weighted by molar-refractivity contribution is 5.94. The fraction of sp³-hybridized carbons (Fsp3) is 0.846. The van der Waals surface area contributed by atoms with E-state index in [1.54, 1.807) is 13.8 Å². The molecule has 6 nitrogen and oxygen atoms in total. The predicted molar refractivity (Wildman–Crippen MR) is 68.6 cm³/mol. The molecule has 0 aromatic carbocycles. The quantitative estimate of drug-likeness (QED) is 0.517. The van der Waals surface area contributed by atoms with Gasteiger partial charge in [-0.15, -0.1) is 0 Å². The third-order valence-corrected chi connectivity index (χ3v) is 2.98. The van der Waals surface area contributed by atoms with Gasteiger partial charge < -0.3 is 19.1 Å². The summed E-state index contributed by atoms with van der Waals surface area (Å²) in [7, 11) is 1.99. The van der Waals surface area contributed by atoms with Crippen LogP contribution in [0.25, 0.3) is 0 Å². The lowest BCUT2D eigenvalue weighted by Gasteiger charge is -2.31. The lowest BCUT2D eigenvalue weighted by Crippen LogP contribution is -2.43. The van der Waals surface area contributed by atoms with Gasteiger partial charge in [-0.3, -0.25) is 9.59 Å². The molecular formula is C13H23NO5. The summed E-state index contributed by atoms with van der Waals surface area (Å²) in [6.07, 6.45) is 0.166.